The summed E-state index contributed by atoms with van der Waals surface area (Å²) in [7, 11) is 1.75. The molecule has 1 N–H and O–H groups in total. The fourth-order valence-electron chi connectivity index (χ4n) is 3.88. The molecule has 9 heteroatoms. The van der Waals surface area contributed by atoms with Crippen LogP contribution in [0.5, 0.6) is 0 Å². The second-order valence-corrected chi connectivity index (χ2v) is 8.63. The number of hydrogen-bond acceptors (Lipinski definition) is 3. The standard InChI is InChI=1S/C21H30ClFN4O2.HI/c1-21(2,16-7-6-15(23)13-17(16)22)14-25-20(24-3)27-10-8-26(9-11-27)19(28)18-5-4-12-29-18;/h6-7,13,18H,4-5,8-12,14H2,1-3H3,(H,24,25);1H. The van der Waals surface area contributed by atoms with Crippen LogP contribution >= 0.6 is 35.6 Å². The third-order valence-electron chi connectivity index (χ3n) is 5.66. The van der Waals surface area contributed by atoms with Gasteiger partial charge in [0.1, 0.15) is 11.9 Å². The molecule has 2 aliphatic rings. The molecule has 3 rings (SSSR count). The van der Waals surface area contributed by atoms with Crippen LogP contribution in [0.2, 0.25) is 5.02 Å². The predicted octanol–water partition coefficient (Wildman–Crippen LogP) is 3.27. The van der Waals surface area contributed by atoms with E-state index < -0.39 is 0 Å². The summed E-state index contributed by atoms with van der Waals surface area (Å²) in [4.78, 5) is 21.0. The van der Waals surface area contributed by atoms with Crippen molar-refractivity contribution in [1.82, 2.24) is 15.1 Å². The van der Waals surface area contributed by atoms with Gasteiger partial charge in [0.15, 0.2) is 5.96 Å². The quantitative estimate of drug-likeness (QED) is 0.354. The molecule has 6 nitrogen and oxygen atoms in total. The summed E-state index contributed by atoms with van der Waals surface area (Å²) in [5, 5.41) is 3.84. The molecule has 1 aromatic carbocycles. The number of guanidine groups is 1. The van der Waals surface area contributed by atoms with Crippen molar-refractivity contribution in [3.63, 3.8) is 0 Å². The molecule has 0 aromatic heterocycles. The molecular formula is C21H31ClFIN4O2. The van der Waals surface area contributed by atoms with Crippen LogP contribution in [0, 0.1) is 5.82 Å². The van der Waals surface area contributed by atoms with E-state index in [2.05, 4.69) is 29.1 Å². The fourth-order valence-corrected chi connectivity index (χ4v) is 4.30. The lowest BCUT2D eigenvalue weighted by molar-refractivity contribution is -0.142. The molecule has 30 heavy (non-hydrogen) atoms. The third kappa shape index (κ3) is 5.97. The Morgan fingerprint density at radius 3 is 2.53 bits per heavy atom. The molecule has 168 valence electrons. The van der Waals surface area contributed by atoms with Gasteiger partial charge in [-0.2, -0.15) is 0 Å². The summed E-state index contributed by atoms with van der Waals surface area (Å²) in [6.07, 6.45) is 1.52. The van der Waals surface area contributed by atoms with Crippen LogP contribution in [-0.2, 0) is 14.9 Å². The van der Waals surface area contributed by atoms with Gasteiger partial charge in [-0.25, -0.2) is 4.39 Å². The molecule has 1 amide bonds. The van der Waals surface area contributed by atoms with Crippen LogP contribution in [0.4, 0.5) is 4.39 Å². The Morgan fingerprint density at radius 1 is 1.30 bits per heavy atom. The highest BCUT2D eigenvalue weighted by atomic mass is 127. The van der Waals surface area contributed by atoms with E-state index in [0.717, 1.165) is 37.5 Å². The van der Waals surface area contributed by atoms with E-state index in [1.807, 2.05) is 4.90 Å². The zero-order valence-electron chi connectivity index (χ0n) is 17.8. The molecule has 0 saturated carbocycles. The van der Waals surface area contributed by atoms with Gasteiger partial charge in [0.2, 0.25) is 0 Å². The predicted molar refractivity (Wildman–Crippen MR) is 128 cm³/mol. The highest BCUT2D eigenvalue weighted by molar-refractivity contribution is 14.0. The summed E-state index contributed by atoms with van der Waals surface area (Å²) in [6, 6.07) is 4.51. The molecule has 2 heterocycles. The topological polar surface area (TPSA) is 57.2 Å². The molecule has 1 unspecified atom stereocenters. The van der Waals surface area contributed by atoms with Crippen LogP contribution in [0.25, 0.3) is 0 Å². The van der Waals surface area contributed by atoms with E-state index in [1.165, 1.54) is 12.1 Å². The number of hydrogen-bond donors (Lipinski definition) is 1. The van der Waals surface area contributed by atoms with Crippen molar-refractivity contribution in [2.75, 3.05) is 46.4 Å². The fraction of sp³-hybridized carbons (Fsp3) is 0.619. The van der Waals surface area contributed by atoms with E-state index >= 15 is 0 Å². The second kappa shape index (κ2) is 10.9. The number of halogens is 3. The highest BCUT2D eigenvalue weighted by Gasteiger charge is 2.31. The summed E-state index contributed by atoms with van der Waals surface area (Å²) >= 11 is 6.26. The average Bonchev–Trinajstić information content (AvgIpc) is 3.23. The summed E-state index contributed by atoms with van der Waals surface area (Å²) in [6.45, 7) is 8.15. The zero-order chi connectivity index (χ0) is 21.0. The number of nitrogens with zero attached hydrogens (tertiary/aromatic N) is 3. The lowest BCUT2D eigenvalue weighted by Gasteiger charge is -2.38. The van der Waals surface area contributed by atoms with Crippen molar-refractivity contribution in [2.24, 2.45) is 4.99 Å². The van der Waals surface area contributed by atoms with Gasteiger partial charge < -0.3 is 19.9 Å². The van der Waals surface area contributed by atoms with Crippen LogP contribution in [-0.4, -0.2) is 74.1 Å². The summed E-state index contributed by atoms with van der Waals surface area (Å²) in [5.74, 6) is 0.562. The van der Waals surface area contributed by atoms with Gasteiger partial charge in [-0.1, -0.05) is 31.5 Å². The first-order chi connectivity index (χ1) is 13.8. The Hall–Kier alpha value is -1.13. The minimum atomic E-state index is -0.339. The minimum Gasteiger partial charge on any atom is -0.368 e. The summed E-state index contributed by atoms with van der Waals surface area (Å²) < 4.78 is 18.9. The maximum atomic E-state index is 13.4. The number of benzene rings is 1. The van der Waals surface area contributed by atoms with Crippen molar-refractivity contribution in [2.45, 2.75) is 38.2 Å². The first-order valence-corrected chi connectivity index (χ1v) is 10.5. The molecule has 0 radical (unpaired) electrons. The maximum absolute atomic E-state index is 13.4. The number of aliphatic imine (C=N–C) groups is 1. The van der Waals surface area contributed by atoms with E-state index in [0.29, 0.717) is 31.3 Å². The Labute approximate surface area is 200 Å². The molecule has 2 aliphatic heterocycles. The first-order valence-electron chi connectivity index (χ1n) is 10.1. The molecule has 2 fully saturated rings. The number of carbonyl (C=O) groups is 1. The highest BCUT2D eigenvalue weighted by Crippen LogP contribution is 2.30. The number of amides is 1. The summed E-state index contributed by atoms with van der Waals surface area (Å²) in [5.41, 5.74) is 0.578. The van der Waals surface area contributed by atoms with E-state index in [9.17, 15) is 9.18 Å². The molecule has 0 bridgehead atoms. The third-order valence-corrected chi connectivity index (χ3v) is 5.97. The Bertz CT molecular complexity index is 763. The normalized spacial score (nSPS) is 20.2. The lowest BCUT2D eigenvalue weighted by Crippen LogP contribution is -2.56. The molecule has 1 aromatic rings. The van der Waals surface area contributed by atoms with Gasteiger partial charge in [0.25, 0.3) is 5.91 Å². The van der Waals surface area contributed by atoms with Crippen LogP contribution in [0.1, 0.15) is 32.3 Å². The van der Waals surface area contributed by atoms with Gasteiger partial charge in [0, 0.05) is 56.8 Å². The SMILES string of the molecule is CN=C(NCC(C)(C)c1ccc(F)cc1Cl)N1CCN(C(=O)C2CCCO2)CC1.I. The molecule has 0 spiro atoms. The average molecular weight is 553 g/mol. The number of carbonyl (C=O) groups excluding carboxylic acids is 1. The molecule has 0 aliphatic carbocycles. The van der Waals surface area contributed by atoms with Gasteiger partial charge in [0.05, 0.1) is 0 Å². The Kier molecular flexibility index (Phi) is 9.17. The number of piperazine rings is 1. The molecule has 1 atom stereocenters. The Morgan fingerprint density at radius 2 is 1.97 bits per heavy atom. The van der Waals surface area contributed by atoms with Crippen LogP contribution in [0.3, 0.4) is 0 Å². The first kappa shape index (κ1) is 25.1. The maximum Gasteiger partial charge on any atom is 0.251 e. The number of ether oxygens (including phenoxy) is 1. The van der Waals surface area contributed by atoms with Gasteiger partial charge in [-0.3, -0.25) is 9.79 Å². The lowest BCUT2D eigenvalue weighted by atomic mass is 9.84. The number of rotatable bonds is 4. The monoisotopic (exact) mass is 552 g/mol. The minimum absolute atomic E-state index is 0. The van der Waals surface area contributed by atoms with E-state index in [1.54, 1.807) is 13.1 Å². The molecule has 2 saturated heterocycles. The van der Waals surface area contributed by atoms with Crippen molar-refractivity contribution in [3.05, 3.63) is 34.6 Å². The van der Waals surface area contributed by atoms with Crippen LogP contribution < -0.4 is 5.32 Å². The van der Waals surface area contributed by atoms with Crippen LogP contribution in [0.15, 0.2) is 23.2 Å². The van der Waals surface area contributed by atoms with E-state index in [-0.39, 0.29) is 47.2 Å². The van der Waals surface area contributed by atoms with Gasteiger partial charge in [-0.15, -0.1) is 24.0 Å². The van der Waals surface area contributed by atoms with E-state index in [4.69, 9.17) is 16.3 Å². The smallest absolute Gasteiger partial charge is 0.251 e. The van der Waals surface area contributed by atoms with Gasteiger partial charge in [-0.05, 0) is 30.5 Å². The van der Waals surface area contributed by atoms with Crippen molar-refractivity contribution in [3.8, 4) is 0 Å². The van der Waals surface area contributed by atoms with Crippen molar-refractivity contribution >= 4 is 47.4 Å². The van der Waals surface area contributed by atoms with Gasteiger partial charge >= 0.3 is 0 Å². The van der Waals surface area contributed by atoms with Crippen molar-refractivity contribution in [1.29, 1.82) is 0 Å². The largest absolute Gasteiger partial charge is 0.368 e. The Balaban J connectivity index is 0.00000320. The second-order valence-electron chi connectivity index (χ2n) is 8.22. The number of nitrogens with one attached hydrogen (secondary N) is 1. The molecular weight excluding hydrogens is 522 g/mol. The zero-order valence-corrected chi connectivity index (χ0v) is 20.9. The van der Waals surface area contributed by atoms with Crippen molar-refractivity contribution < 1.29 is 13.9 Å².